The molecule has 1 atom stereocenters. The van der Waals surface area contributed by atoms with Gasteiger partial charge in [0.05, 0.1) is 1.37 Å². The fraction of sp³-hybridized carbons (Fsp3) is 0.0714. The zero-order valence-corrected chi connectivity index (χ0v) is 9.69. The highest BCUT2D eigenvalue weighted by Gasteiger charge is 2.18. The number of halogens is 1. The van der Waals surface area contributed by atoms with Crippen molar-refractivity contribution >= 4 is 17.4 Å². The molecule has 2 nitrogen and oxygen atoms in total. The second kappa shape index (κ2) is 5.13. The molecule has 0 fully saturated rings. The van der Waals surface area contributed by atoms with Crippen molar-refractivity contribution in [3.05, 3.63) is 70.7 Å². The van der Waals surface area contributed by atoms with Crippen LogP contribution in [0.3, 0.4) is 0 Å². The Balaban J connectivity index is 2.35. The van der Waals surface area contributed by atoms with Crippen molar-refractivity contribution in [2.45, 2.75) is 6.10 Å². The van der Waals surface area contributed by atoms with Gasteiger partial charge in [-0.15, -0.1) is 0 Å². The average Bonchev–Trinajstić information content (AvgIpc) is 2.41. The second-order valence-electron chi connectivity index (χ2n) is 3.59. The summed E-state index contributed by atoms with van der Waals surface area (Å²) in [5.41, 5.74) is 0.626. The fourth-order valence-electron chi connectivity index (χ4n) is 1.52. The molecule has 0 heterocycles. The summed E-state index contributed by atoms with van der Waals surface area (Å²) in [6.07, 6.45) is -1.27. The molecule has 0 aromatic heterocycles. The number of carbonyl (C=O) groups excluding carboxylic acids is 1. The molecule has 2 aromatic rings. The number of hydrogen-bond acceptors (Lipinski definition) is 2. The van der Waals surface area contributed by atoms with Crippen molar-refractivity contribution in [1.82, 2.24) is 0 Å². The quantitative estimate of drug-likeness (QED) is 0.846. The van der Waals surface area contributed by atoms with E-state index in [0.717, 1.165) is 0 Å². The monoisotopic (exact) mass is 247 g/mol. The zero-order valence-electron chi connectivity index (χ0n) is 9.93. The number of benzene rings is 2. The number of rotatable bonds is 3. The van der Waals surface area contributed by atoms with Crippen LogP contribution in [0.15, 0.2) is 54.6 Å². The molecule has 0 radical (unpaired) electrons. The third-order valence-corrected chi connectivity index (χ3v) is 2.61. The molecule has 0 spiro atoms. The minimum Gasteiger partial charge on any atom is -0.380 e. The summed E-state index contributed by atoms with van der Waals surface area (Å²) in [6, 6.07) is 13.2. The number of ketones is 1. The van der Waals surface area contributed by atoms with E-state index in [4.69, 9.17) is 13.0 Å². The van der Waals surface area contributed by atoms with Crippen molar-refractivity contribution in [2.24, 2.45) is 0 Å². The van der Waals surface area contributed by atoms with Crippen molar-refractivity contribution in [3.63, 3.8) is 0 Å². The fourth-order valence-corrected chi connectivity index (χ4v) is 1.69. The molecule has 86 valence electrons. The molecule has 0 aliphatic carbocycles. The Labute approximate surface area is 106 Å². The van der Waals surface area contributed by atoms with Crippen LogP contribution >= 0.6 is 11.6 Å². The summed E-state index contributed by atoms with van der Waals surface area (Å²) in [6.45, 7) is 0. The third-order valence-electron chi connectivity index (χ3n) is 2.39. The minimum atomic E-state index is -1.27. The van der Waals surface area contributed by atoms with Crippen molar-refractivity contribution in [2.75, 3.05) is 0 Å². The van der Waals surface area contributed by atoms with E-state index < -0.39 is 11.9 Å². The molecule has 0 saturated carbocycles. The lowest BCUT2D eigenvalue weighted by molar-refractivity contribution is 0.0747. The number of aliphatic hydroxyl groups excluding tert-OH is 1. The summed E-state index contributed by atoms with van der Waals surface area (Å²) in [4.78, 5) is 12.1. The molecule has 3 heteroatoms. The summed E-state index contributed by atoms with van der Waals surface area (Å²) >= 11 is 5.79. The SMILES string of the molecule is [2H]c1c(Cl)cccc1C(=O)C(O)c1ccccc1. The van der Waals surface area contributed by atoms with Crippen LogP contribution in [0.1, 0.15) is 23.4 Å². The molecule has 0 bridgehead atoms. The van der Waals surface area contributed by atoms with Crippen LogP contribution in [0, 0.1) is 0 Å². The van der Waals surface area contributed by atoms with Gasteiger partial charge in [-0.25, -0.2) is 0 Å². The maximum atomic E-state index is 12.1. The van der Waals surface area contributed by atoms with E-state index in [1.165, 1.54) is 12.1 Å². The number of Topliss-reactive ketones (excluding diaryl/α,β-unsaturated/α-hetero) is 1. The lowest BCUT2D eigenvalue weighted by Crippen LogP contribution is -2.12. The van der Waals surface area contributed by atoms with Crippen LogP contribution in [0.4, 0.5) is 0 Å². The van der Waals surface area contributed by atoms with Gasteiger partial charge in [0.2, 0.25) is 0 Å². The Morgan fingerprint density at radius 3 is 2.59 bits per heavy atom. The first-order chi connectivity index (χ1) is 8.61. The average molecular weight is 248 g/mol. The maximum Gasteiger partial charge on any atom is 0.195 e. The topological polar surface area (TPSA) is 37.3 Å². The van der Waals surface area contributed by atoms with Crippen LogP contribution in [0.2, 0.25) is 5.02 Å². The van der Waals surface area contributed by atoms with Gasteiger partial charge in [0.1, 0.15) is 6.10 Å². The maximum absolute atomic E-state index is 12.1. The van der Waals surface area contributed by atoms with Crippen LogP contribution in [0.5, 0.6) is 0 Å². The van der Waals surface area contributed by atoms with E-state index in [1.54, 1.807) is 36.4 Å². The Bertz CT molecular complexity index is 569. The molecule has 0 amide bonds. The molecule has 17 heavy (non-hydrogen) atoms. The van der Waals surface area contributed by atoms with Crippen molar-refractivity contribution < 1.29 is 11.3 Å². The molecule has 0 aliphatic heterocycles. The van der Waals surface area contributed by atoms with E-state index in [9.17, 15) is 9.90 Å². The summed E-state index contributed by atoms with van der Waals surface area (Å²) in [7, 11) is 0. The van der Waals surface area contributed by atoms with Crippen LogP contribution in [-0.2, 0) is 0 Å². The van der Waals surface area contributed by atoms with E-state index in [2.05, 4.69) is 0 Å². The van der Waals surface area contributed by atoms with Gasteiger partial charge >= 0.3 is 0 Å². The van der Waals surface area contributed by atoms with E-state index in [0.29, 0.717) is 5.56 Å². The first kappa shape index (κ1) is 10.5. The predicted octanol–water partition coefficient (Wildman–Crippen LogP) is 3.26. The van der Waals surface area contributed by atoms with E-state index in [-0.39, 0.29) is 16.6 Å². The molecule has 0 aliphatic rings. The number of aliphatic hydroxyl groups is 1. The Morgan fingerprint density at radius 2 is 1.88 bits per heavy atom. The van der Waals surface area contributed by atoms with Gasteiger partial charge in [-0.05, 0) is 17.7 Å². The van der Waals surface area contributed by atoms with Gasteiger partial charge in [-0.3, -0.25) is 4.79 Å². The zero-order chi connectivity index (χ0) is 13.1. The van der Waals surface area contributed by atoms with Crippen molar-refractivity contribution in [1.29, 1.82) is 0 Å². The third kappa shape index (κ3) is 2.73. The minimum absolute atomic E-state index is 0.0563. The van der Waals surface area contributed by atoms with E-state index in [1.807, 2.05) is 0 Å². The van der Waals surface area contributed by atoms with Gasteiger partial charge in [-0.2, -0.15) is 0 Å². The highest BCUT2D eigenvalue weighted by Crippen LogP contribution is 2.20. The summed E-state index contributed by atoms with van der Waals surface area (Å²) < 4.78 is 7.72. The van der Waals surface area contributed by atoms with Gasteiger partial charge in [-0.1, -0.05) is 54.1 Å². The number of hydrogen-bond donors (Lipinski definition) is 1. The highest BCUT2D eigenvalue weighted by molar-refractivity contribution is 6.31. The van der Waals surface area contributed by atoms with Crippen LogP contribution < -0.4 is 0 Å². The molecule has 1 unspecified atom stereocenters. The molecule has 1 N–H and O–H groups in total. The summed E-state index contributed by atoms with van der Waals surface area (Å²) in [5.74, 6) is -0.520. The van der Waals surface area contributed by atoms with Crippen molar-refractivity contribution in [3.8, 4) is 0 Å². The van der Waals surface area contributed by atoms with Crippen LogP contribution in [0.25, 0.3) is 0 Å². The molecular weight excluding hydrogens is 236 g/mol. The standard InChI is InChI=1S/C14H11ClO2/c15-12-8-4-7-11(9-12)14(17)13(16)10-5-2-1-3-6-10/h1-9,13,16H/i9D. The Hall–Kier alpha value is -1.64. The van der Waals surface area contributed by atoms with Gasteiger partial charge < -0.3 is 5.11 Å². The first-order valence-electron chi connectivity index (χ1n) is 5.63. The van der Waals surface area contributed by atoms with Gasteiger partial charge in [0.15, 0.2) is 5.78 Å². The molecule has 2 rings (SSSR count). The Morgan fingerprint density at radius 1 is 1.18 bits per heavy atom. The molecular formula is C14H11ClO2. The second-order valence-corrected chi connectivity index (χ2v) is 4.00. The Kier molecular flexibility index (Phi) is 3.17. The molecule has 0 saturated heterocycles. The largest absolute Gasteiger partial charge is 0.380 e. The van der Waals surface area contributed by atoms with E-state index >= 15 is 0 Å². The lowest BCUT2D eigenvalue weighted by Gasteiger charge is -2.09. The highest BCUT2D eigenvalue weighted by atomic mass is 35.5. The predicted molar refractivity (Wildman–Crippen MR) is 67.2 cm³/mol. The first-order valence-corrected chi connectivity index (χ1v) is 5.51. The van der Waals surface area contributed by atoms with Crippen LogP contribution in [-0.4, -0.2) is 10.9 Å². The van der Waals surface area contributed by atoms with Gasteiger partial charge in [0, 0.05) is 10.6 Å². The molecule has 2 aromatic carbocycles. The smallest absolute Gasteiger partial charge is 0.195 e. The lowest BCUT2D eigenvalue weighted by atomic mass is 10.0. The van der Waals surface area contributed by atoms with Gasteiger partial charge in [0.25, 0.3) is 0 Å². The normalized spacial score (nSPS) is 12.9. The number of carbonyl (C=O) groups is 1. The summed E-state index contributed by atoms with van der Waals surface area (Å²) in [5, 5.41) is 10.2.